The largest absolute Gasteiger partial charge is 0.311 e. The van der Waals surface area contributed by atoms with Crippen molar-refractivity contribution in [2.45, 2.75) is 51.6 Å². The summed E-state index contributed by atoms with van der Waals surface area (Å²) in [7, 11) is -3.05. The molecule has 0 radical (unpaired) electrons. The van der Waals surface area contributed by atoms with Crippen molar-refractivity contribution in [3.63, 3.8) is 0 Å². The van der Waals surface area contributed by atoms with E-state index < -0.39 is 10.0 Å². The van der Waals surface area contributed by atoms with E-state index in [9.17, 15) is 8.42 Å². The Morgan fingerprint density at radius 3 is 2.55 bits per heavy atom. The van der Waals surface area contributed by atoms with Gasteiger partial charge in [-0.25, -0.2) is 13.1 Å². The van der Waals surface area contributed by atoms with Gasteiger partial charge in [-0.1, -0.05) is 19.1 Å². The predicted molar refractivity (Wildman–Crippen MR) is 91.4 cm³/mol. The Hall–Kier alpha value is -0.430. The first kappa shape index (κ1) is 17.9. The Labute approximate surface area is 135 Å². The van der Waals surface area contributed by atoms with Crippen LogP contribution in [0.1, 0.15) is 39.5 Å². The van der Waals surface area contributed by atoms with Gasteiger partial charge in [0, 0.05) is 25.2 Å². The van der Waals surface area contributed by atoms with E-state index in [1.54, 1.807) is 6.92 Å². The average molecular weight is 330 g/mol. The van der Waals surface area contributed by atoms with Gasteiger partial charge in [0.2, 0.25) is 10.0 Å². The molecule has 0 aromatic rings. The quantitative estimate of drug-likeness (QED) is 0.627. The Kier molecular flexibility index (Phi) is 6.44. The number of nitrogens with one attached hydrogen (secondary N) is 2. The van der Waals surface area contributed by atoms with Crippen LogP contribution in [0, 0.1) is 5.92 Å². The number of piperidine rings is 1. The van der Waals surface area contributed by atoms with E-state index in [-0.39, 0.29) is 5.75 Å². The van der Waals surface area contributed by atoms with E-state index in [1.165, 1.54) is 12.0 Å². The first-order valence-electron chi connectivity index (χ1n) is 8.58. The zero-order valence-electron chi connectivity index (χ0n) is 14.0. The fraction of sp³-hybridized carbons (Fsp3) is 0.875. The molecule has 0 aromatic heterocycles. The molecule has 0 unspecified atom stereocenters. The molecular weight excluding hydrogens is 298 g/mol. The summed E-state index contributed by atoms with van der Waals surface area (Å²) >= 11 is 0. The number of hydrogen-bond donors (Lipinski definition) is 2. The van der Waals surface area contributed by atoms with E-state index in [0.29, 0.717) is 24.5 Å². The van der Waals surface area contributed by atoms with Crippen LogP contribution in [0.5, 0.6) is 0 Å². The summed E-state index contributed by atoms with van der Waals surface area (Å²) in [6.07, 6.45) is 4.66. The minimum absolute atomic E-state index is 0.157. The lowest BCUT2D eigenvalue weighted by atomic mass is 10.0. The molecular formula is C16H31N3O2S. The zero-order chi connectivity index (χ0) is 16.2. The molecule has 0 aromatic carbocycles. The SMILES string of the molecule is C=C(CC)[C@H]1C[C@@H]1NC1CCN(CCNS(=O)(=O)CC)CC1. The monoisotopic (exact) mass is 329 g/mol. The van der Waals surface area contributed by atoms with Crippen LogP contribution < -0.4 is 10.0 Å². The summed E-state index contributed by atoms with van der Waals surface area (Å²) < 4.78 is 25.4. The second kappa shape index (κ2) is 7.90. The van der Waals surface area contributed by atoms with Crippen LogP contribution in [0.4, 0.5) is 0 Å². The molecule has 2 atom stereocenters. The van der Waals surface area contributed by atoms with Crippen LogP contribution in [-0.2, 0) is 10.0 Å². The molecule has 5 nitrogen and oxygen atoms in total. The zero-order valence-corrected chi connectivity index (χ0v) is 14.8. The molecule has 2 aliphatic rings. The van der Waals surface area contributed by atoms with Crippen molar-refractivity contribution < 1.29 is 8.42 Å². The van der Waals surface area contributed by atoms with Crippen LogP contribution in [0.2, 0.25) is 0 Å². The maximum Gasteiger partial charge on any atom is 0.211 e. The minimum Gasteiger partial charge on any atom is -0.311 e. The molecule has 1 aliphatic carbocycles. The van der Waals surface area contributed by atoms with Crippen LogP contribution in [-0.4, -0.2) is 57.3 Å². The van der Waals surface area contributed by atoms with Gasteiger partial charge in [-0.3, -0.25) is 0 Å². The van der Waals surface area contributed by atoms with Gasteiger partial charge in [0.15, 0.2) is 0 Å². The van der Waals surface area contributed by atoms with Gasteiger partial charge in [0.25, 0.3) is 0 Å². The lowest BCUT2D eigenvalue weighted by Crippen LogP contribution is -2.45. The van der Waals surface area contributed by atoms with E-state index in [1.807, 2.05) is 0 Å². The van der Waals surface area contributed by atoms with E-state index >= 15 is 0 Å². The van der Waals surface area contributed by atoms with Crippen molar-refractivity contribution in [1.29, 1.82) is 0 Å². The maximum atomic E-state index is 11.4. The molecule has 2 N–H and O–H groups in total. The summed E-state index contributed by atoms with van der Waals surface area (Å²) in [6.45, 7) is 11.4. The van der Waals surface area contributed by atoms with Crippen molar-refractivity contribution >= 4 is 10.0 Å². The third-order valence-corrected chi connectivity index (χ3v) is 6.34. The van der Waals surface area contributed by atoms with Gasteiger partial charge >= 0.3 is 0 Å². The molecule has 128 valence electrons. The molecule has 2 rings (SSSR count). The number of sulfonamides is 1. The first-order chi connectivity index (χ1) is 10.4. The van der Waals surface area contributed by atoms with Crippen molar-refractivity contribution in [1.82, 2.24) is 14.9 Å². The Morgan fingerprint density at radius 1 is 1.27 bits per heavy atom. The molecule has 1 saturated carbocycles. The van der Waals surface area contributed by atoms with Crippen molar-refractivity contribution in [3.05, 3.63) is 12.2 Å². The van der Waals surface area contributed by atoms with Crippen LogP contribution in [0.3, 0.4) is 0 Å². The maximum absolute atomic E-state index is 11.4. The standard InChI is InChI=1S/C16H31N3O2S/c1-4-13(3)15-12-16(15)18-14-6-9-19(10-7-14)11-8-17-22(20,21)5-2/h14-18H,3-12H2,1-2H3/t15-,16+/m1/s1. The lowest BCUT2D eigenvalue weighted by molar-refractivity contribution is 0.199. The number of rotatable bonds is 9. The highest BCUT2D eigenvalue weighted by atomic mass is 32.2. The van der Waals surface area contributed by atoms with Crippen molar-refractivity contribution in [3.8, 4) is 0 Å². The van der Waals surface area contributed by atoms with Gasteiger partial charge in [-0.05, 0) is 51.6 Å². The smallest absolute Gasteiger partial charge is 0.211 e. The molecule has 1 saturated heterocycles. The first-order valence-corrected chi connectivity index (χ1v) is 10.2. The lowest BCUT2D eigenvalue weighted by Gasteiger charge is -2.32. The summed E-state index contributed by atoms with van der Waals surface area (Å²) in [5.74, 6) is 0.858. The van der Waals surface area contributed by atoms with Gasteiger partial charge in [0.1, 0.15) is 0 Å². The highest BCUT2D eigenvalue weighted by molar-refractivity contribution is 7.89. The Balaban J connectivity index is 1.59. The van der Waals surface area contributed by atoms with Crippen LogP contribution >= 0.6 is 0 Å². The molecule has 2 fully saturated rings. The van der Waals surface area contributed by atoms with Crippen molar-refractivity contribution in [2.24, 2.45) is 5.92 Å². The van der Waals surface area contributed by atoms with E-state index in [2.05, 4.69) is 28.4 Å². The number of hydrogen-bond acceptors (Lipinski definition) is 4. The summed E-state index contributed by atoms with van der Waals surface area (Å²) in [5, 5.41) is 3.77. The fourth-order valence-electron chi connectivity index (χ4n) is 3.18. The van der Waals surface area contributed by atoms with Crippen LogP contribution in [0.25, 0.3) is 0 Å². The molecule has 0 bridgehead atoms. The topological polar surface area (TPSA) is 61.4 Å². The molecule has 1 aliphatic heterocycles. The predicted octanol–water partition coefficient (Wildman–Crippen LogP) is 1.33. The van der Waals surface area contributed by atoms with Crippen molar-refractivity contribution in [2.75, 3.05) is 31.9 Å². The Bertz CT molecular complexity index is 470. The summed E-state index contributed by atoms with van der Waals surface area (Å²) in [5.41, 5.74) is 1.39. The molecule has 1 heterocycles. The van der Waals surface area contributed by atoms with Crippen LogP contribution in [0.15, 0.2) is 12.2 Å². The number of likely N-dealkylation sites (tertiary alicyclic amines) is 1. The van der Waals surface area contributed by atoms with Gasteiger partial charge in [0.05, 0.1) is 5.75 Å². The highest BCUT2D eigenvalue weighted by Gasteiger charge is 2.39. The highest BCUT2D eigenvalue weighted by Crippen LogP contribution is 2.38. The second-order valence-electron chi connectivity index (χ2n) is 6.54. The summed E-state index contributed by atoms with van der Waals surface area (Å²) in [4.78, 5) is 2.35. The second-order valence-corrected chi connectivity index (χ2v) is 8.64. The third kappa shape index (κ3) is 5.33. The molecule has 0 spiro atoms. The van der Waals surface area contributed by atoms with Gasteiger partial charge in [-0.2, -0.15) is 0 Å². The molecule has 22 heavy (non-hydrogen) atoms. The van der Waals surface area contributed by atoms with E-state index in [4.69, 9.17) is 0 Å². The minimum atomic E-state index is -3.05. The van der Waals surface area contributed by atoms with Gasteiger partial charge < -0.3 is 10.2 Å². The number of nitrogens with zero attached hydrogens (tertiary/aromatic N) is 1. The average Bonchev–Trinajstić information content (AvgIpc) is 3.27. The normalized spacial score (nSPS) is 27.0. The third-order valence-electron chi connectivity index (χ3n) is 4.94. The summed E-state index contributed by atoms with van der Waals surface area (Å²) in [6, 6.07) is 1.27. The van der Waals surface area contributed by atoms with E-state index in [0.717, 1.165) is 38.9 Å². The van der Waals surface area contributed by atoms with Gasteiger partial charge in [-0.15, -0.1) is 0 Å². The molecule has 6 heteroatoms. The molecule has 0 amide bonds. The Morgan fingerprint density at radius 2 is 1.95 bits per heavy atom. The fourth-order valence-corrected chi connectivity index (χ4v) is 3.79.